The minimum Gasteiger partial charge on any atom is -0.348 e. The first-order valence-corrected chi connectivity index (χ1v) is 6.25. The van der Waals surface area contributed by atoms with Crippen LogP contribution >= 0.6 is 0 Å². The average Bonchev–Trinajstić information content (AvgIpc) is 2.41. The molecule has 2 unspecified atom stereocenters. The van der Waals surface area contributed by atoms with Gasteiger partial charge in [0.1, 0.15) is 0 Å². The summed E-state index contributed by atoms with van der Waals surface area (Å²) in [7, 11) is 0. The van der Waals surface area contributed by atoms with Crippen LogP contribution in [0.1, 0.15) is 35.7 Å². The minimum absolute atomic E-state index is 0.104. The van der Waals surface area contributed by atoms with Crippen molar-refractivity contribution in [3.8, 4) is 6.07 Å². The number of carbonyl (C=O) groups is 1. The van der Waals surface area contributed by atoms with E-state index in [4.69, 9.17) is 5.26 Å². The van der Waals surface area contributed by atoms with Gasteiger partial charge in [0, 0.05) is 17.6 Å². The Bertz CT molecular complexity index is 478. The number of nitrogens with one attached hydrogen (secondary N) is 2. The summed E-state index contributed by atoms with van der Waals surface area (Å²) in [6.07, 6.45) is 2.07. The molecule has 4 nitrogen and oxygen atoms in total. The van der Waals surface area contributed by atoms with Crippen LogP contribution in [-0.4, -0.2) is 24.5 Å². The second-order valence-corrected chi connectivity index (χ2v) is 4.66. The molecule has 1 aromatic rings. The van der Waals surface area contributed by atoms with E-state index in [0.29, 0.717) is 17.2 Å². The molecule has 18 heavy (non-hydrogen) atoms. The largest absolute Gasteiger partial charge is 0.348 e. The SMILES string of the molecule is CC1NCCCC1NC(=O)c1cccc(C#N)c1. The van der Waals surface area contributed by atoms with Crippen LogP contribution in [0.4, 0.5) is 0 Å². The average molecular weight is 243 g/mol. The molecule has 0 bridgehead atoms. The summed E-state index contributed by atoms with van der Waals surface area (Å²) >= 11 is 0. The van der Waals surface area contributed by atoms with Gasteiger partial charge in [0.05, 0.1) is 11.6 Å². The second kappa shape index (κ2) is 5.65. The highest BCUT2D eigenvalue weighted by Crippen LogP contribution is 2.10. The highest BCUT2D eigenvalue weighted by atomic mass is 16.1. The molecule has 1 heterocycles. The van der Waals surface area contributed by atoms with Gasteiger partial charge in [-0.2, -0.15) is 5.26 Å². The summed E-state index contributed by atoms with van der Waals surface area (Å²) in [4.78, 5) is 12.1. The lowest BCUT2D eigenvalue weighted by molar-refractivity contribution is 0.0920. The van der Waals surface area contributed by atoms with Crippen molar-refractivity contribution in [2.75, 3.05) is 6.54 Å². The zero-order valence-electron chi connectivity index (χ0n) is 10.4. The van der Waals surface area contributed by atoms with E-state index < -0.39 is 0 Å². The Morgan fingerprint density at radius 3 is 3.11 bits per heavy atom. The van der Waals surface area contributed by atoms with E-state index in [0.717, 1.165) is 19.4 Å². The Kier molecular flexibility index (Phi) is 3.96. The number of amides is 1. The lowest BCUT2D eigenvalue weighted by Crippen LogP contribution is -2.51. The molecule has 0 aliphatic carbocycles. The van der Waals surface area contributed by atoms with Gasteiger partial charge in [0.25, 0.3) is 5.91 Å². The molecule has 2 rings (SSSR count). The first-order valence-electron chi connectivity index (χ1n) is 6.25. The summed E-state index contributed by atoms with van der Waals surface area (Å²) in [6, 6.07) is 9.28. The standard InChI is InChI=1S/C14H17N3O/c1-10-13(6-3-7-16-10)17-14(18)12-5-2-4-11(8-12)9-15/h2,4-5,8,10,13,16H,3,6-7H2,1H3,(H,17,18). The lowest BCUT2D eigenvalue weighted by Gasteiger charge is -2.30. The molecule has 0 radical (unpaired) electrons. The van der Waals surface area contributed by atoms with Crippen molar-refractivity contribution >= 4 is 5.91 Å². The Morgan fingerprint density at radius 2 is 2.39 bits per heavy atom. The summed E-state index contributed by atoms with van der Waals surface area (Å²) in [6.45, 7) is 3.09. The molecule has 0 saturated carbocycles. The predicted molar refractivity (Wildman–Crippen MR) is 69.1 cm³/mol. The number of carbonyl (C=O) groups excluding carboxylic acids is 1. The maximum atomic E-state index is 12.1. The number of nitrogens with zero attached hydrogens (tertiary/aromatic N) is 1. The van der Waals surface area contributed by atoms with Crippen molar-refractivity contribution in [1.82, 2.24) is 10.6 Å². The molecule has 2 atom stereocenters. The molecule has 1 aliphatic rings. The Hall–Kier alpha value is -1.86. The quantitative estimate of drug-likeness (QED) is 0.825. The van der Waals surface area contributed by atoms with Crippen LogP contribution in [0, 0.1) is 11.3 Å². The van der Waals surface area contributed by atoms with Crippen LogP contribution in [0.3, 0.4) is 0 Å². The van der Waals surface area contributed by atoms with E-state index in [1.807, 2.05) is 6.07 Å². The van der Waals surface area contributed by atoms with E-state index >= 15 is 0 Å². The molecule has 0 aromatic heterocycles. The number of rotatable bonds is 2. The molecule has 4 heteroatoms. The zero-order valence-corrected chi connectivity index (χ0v) is 10.4. The number of hydrogen-bond donors (Lipinski definition) is 2. The number of nitriles is 1. The van der Waals surface area contributed by atoms with Crippen molar-refractivity contribution < 1.29 is 4.79 Å². The van der Waals surface area contributed by atoms with Gasteiger partial charge < -0.3 is 10.6 Å². The third-order valence-electron chi connectivity index (χ3n) is 3.33. The fourth-order valence-electron chi connectivity index (χ4n) is 2.22. The molecular formula is C14H17N3O. The summed E-state index contributed by atoms with van der Waals surface area (Å²) in [5.41, 5.74) is 1.06. The van der Waals surface area contributed by atoms with Crippen molar-refractivity contribution in [2.24, 2.45) is 0 Å². The van der Waals surface area contributed by atoms with Gasteiger partial charge in [0.15, 0.2) is 0 Å². The maximum Gasteiger partial charge on any atom is 0.251 e. The normalized spacial score (nSPS) is 23.1. The van der Waals surface area contributed by atoms with Crippen LogP contribution < -0.4 is 10.6 Å². The van der Waals surface area contributed by atoms with E-state index in [2.05, 4.69) is 17.6 Å². The molecule has 1 saturated heterocycles. The van der Waals surface area contributed by atoms with Crippen LogP contribution in [0.5, 0.6) is 0 Å². The summed E-state index contributed by atoms with van der Waals surface area (Å²) < 4.78 is 0. The van der Waals surface area contributed by atoms with Gasteiger partial charge in [-0.1, -0.05) is 6.07 Å². The first-order chi connectivity index (χ1) is 8.70. The highest BCUT2D eigenvalue weighted by Gasteiger charge is 2.22. The van der Waals surface area contributed by atoms with E-state index in [-0.39, 0.29) is 11.9 Å². The van der Waals surface area contributed by atoms with Crippen LogP contribution in [0.25, 0.3) is 0 Å². The molecular weight excluding hydrogens is 226 g/mol. The Balaban J connectivity index is 2.05. The number of piperidine rings is 1. The van der Waals surface area contributed by atoms with Crippen LogP contribution in [-0.2, 0) is 0 Å². The van der Waals surface area contributed by atoms with Crippen molar-refractivity contribution in [3.63, 3.8) is 0 Å². The van der Waals surface area contributed by atoms with Crippen LogP contribution in [0.15, 0.2) is 24.3 Å². The van der Waals surface area contributed by atoms with Gasteiger partial charge in [-0.3, -0.25) is 4.79 Å². The van der Waals surface area contributed by atoms with Gasteiger partial charge >= 0.3 is 0 Å². The maximum absolute atomic E-state index is 12.1. The Labute approximate surface area is 107 Å². The fraction of sp³-hybridized carbons (Fsp3) is 0.429. The molecule has 2 N–H and O–H groups in total. The van der Waals surface area contributed by atoms with Gasteiger partial charge in [-0.25, -0.2) is 0 Å². The molecule has 1 fully saturated rings. The fourth-order valence-corrected chi connectivity index (χ4v) is 2.22. The second-order valence-electron chi connectivity index (χ2n) is 4.66. The van der Waals surface area contributed by atoms with Crippen molar-refractivity contribution in [1.29, 1.82) is 5.26 Å². The summed E-state index contributed by atoms with van der Waals surface area (Å²) in [5, 5.41) is 15.2. The van der Waals surface area contributed by atoms with Gasteiger partial charge in [0.2, 0.25) is 0 Å². The predicted octanol–water partition coefficient (Wildman–Crippen LogP) is 1.43. The summed E-state index contributed by atoms with van der Waals surface area (Å²) in [5.74, 6) is -0.104. The minimum atomic E-state index is -0.104. The molecule has 94 valence electrons. The number of hydrogen-bond acceptors (Lipinski definition) is 3. The lowest BCUT2D eigenvalue weighted by atomic mass is 9.99. The first kappa shape index (κ1) is 12.6. The Morgan fingerprint density at radius 1 is 1.56 bits per heavy atom. The molecule has 1 amide bonds. The zero-order chi connectivity index (χ0) is 13.0. The number of benzene rings is 1. The molecule has 0 spiro atoms. The third-order valence-corrected chi connectivity index (χ3v) is 3.33. The van der Waals surface area contributed by atoms with E-state index in [1.165, 1.54) is 0 Å². The van der Waals surface area contributed by atoms with Crippen molar-refractivity contribution in [2.45, 2.75) is 31.8 Å². The highest BCUT2D eigenvalue weighted by molar-refractivity contribution is 5.94. The monoisotopic (exact) mass is 243 g/mol. The topological polar surface area (TPSA) is 64.9 Å². The molecule has 1 aromatic carbocycles. The van der Waals surface area contributed by atoms with Gasteiger partial charge in [-0.05, 0) is 44.5 Å². The smallest absolute Gasteiger partial charge is 0.251 e. The van der Waals surface area contributed by atoms with E-state index in [1.54, 1.807) is 24.3 Å². The van der Waals surface area contributed by atoms with Crippen LogP contribution in [0.2, 0.25) is 0 Å². The van der Waals surface area contributed by atoms with Gasteiger partial charge in [-0.15, -0.1) is 0 Å². The third kappa shape index (κ3) is 2.88. The van der Waals surface area contributed by atoms with E-state index in [9.17, 15) is 4.79 Å². The molecule has 1 aliphatic heterocycles. The van der Waals surface area contributed by atoms with Crippen molar-refractivity contribution in [3.05, 3.63) is 35.4 Å².